The van der Waals surface area contributed by atoms with Gasteiger partial charge in [-0.1, -0.05) is 30.3 Å². The zero-order valence-corrected chi connectivity index (χ0v) is 21.0. The number of carbonyl (C=O) groups excluding carboxylic acids is 3. The second kappa shape index (κ2) is 16.2. The first-order chi connectivity index (χ1) is 17.4. The summed E-state index contributed by atoms with van der Waals surface area (Å²) in [4.78, 5) is 71.6. The number of carboxylic acid groups (broad SMARTS) is 3. The molecule has 0 aliphatic heterocycles. The van der Waals surface area contributed by atoms with Crippen molar-refractivity contribution in [2.45, 2.75) is 56.3 Å². The van der Waals surface area contributed by atoms with Crippen molar-refractivity contribution >= 4 is 47.4 Å². The Morgan fingerprint density at radius 3 is 1.86 bits per heavy atom. The van der Waals surface area contributed by atoms with Gasteiger partial charge in [0.1, 0.15) is 18.1 Å². The highest BCUT2D eigenvalue weighted by Crippen LogP contribution is 2.07. The molecule has 0 fully saturated rings. The number of aliphatic carboxylic acids is 3. The first-order valence-corrected chi connectivity index (χ1v) is 12.7. The molecule has 3 amide bonds. The molecule has 4 atom stereocenters. The topological polar surface area (TPSA) is 225 Å². The van der Waals surface area contributed by atoms with Crippen LogP contribution < -0.4 is 21.7 Å². The molecule has 0 radical (unpaired) electrons. The largest absolute Gasteiger partial charge is 0.481 e. The summed E-state index contributed by atoms with van der Waals surface area (Å²) in [6, 6.07) is 3.63. The number of nitrogens with two attached hydrogens (primary N) is 1. The monoisotopic (exact) mass is 540 g/mol. The van der Waals surface area contributed by atoms with Gasteiger partial charge in [-0.2, -0.15) is 11.8 Å². The summed E-state index contributed by atoms with van der Waals surface area (Å²) in [6.07, 6.45) is 0.304. The van der Waals surface area contributed by atoms with Gasteiger partial charge in [-0.15, -0.1) is 0 Å². The fourth-order valence-electron chi connectivity index (χ4n) is 3.20. The molecular formula is C23H32N4O9S. The molecule has 0 aliphatic carbocycles. The molecule has 14 heteroatoms. The number of benzene rings is 1. The third-order valence-corrected chi connectivity index (χ3v) is 5.80. The Morgan fingerprint density at radius 1 is 0.811 bits per heavy atom. The number of thioether (sulfide) groups is 1. The molecule has 8 N–H and O–H groups in total. The van der Waals surface area contributed by atoms with Crippen LogP contribution in [0.25, 0.3) is 0 Å². The summed E-state index contributed by atoms with van der Waals surface area (Å²) in [5.41, 5.74) is 6.81. The Kier molecular flexibility index (Phi) is 13.7. The van der Waals surface area contributed by atoms with Crippen LogP contribution in [0.1, 0.15) is 31.2 Å². The zero-order valence-electron chi connectivity index (χ0n) is 20.2. The van der Waals surface area contributed by atoms with E-state index >= 15 is 0 Å². The van der Waals surface area contributed by atoms with E-state index in [4.69, 9.17) is 15.9 Å². The van der Waals surface area contributed by atoms with Crippen LogP contribution in [0.5, 0.6) is 0 Å². The number of carbonyl (C=O) groups is 6. The van der Waals surface area contributed by atoms with E-state index in [0.29, 0.717) is 5.75 Å². The lowest BCUT2D eigenvalue weighted by Gasteiger charge is -2.25. The molecule has 0 bridgehead atoms. The predicted octanol–water partition coefficient (Wildman–Crippen LogP) is -0.812. The van der Waals surface area contributed by atoms with Crippen molar-refractivity contribution in [2.75, 3.05) is 12.0 Å². The molecule has 204 valence electrons. The Morgan fingerprint density at radius 2 is 1.35 bits per heavy atom. The Labute approximate surface area is 217 Å². The van der Waals surface area contributed by atoms with Gasteiger partial charge >= 0.3 is 17.9 Å². The molecular weight excluding hydrogens is 508 g/mol. The third-order valence-electron chi connectivity index (χ3n) is 5.15. The number of nitrogens with one attached hydrogen (secondary N) is 3. The lowest BCUT2D eigenvalue weighted by Crippen LogP contribution is -2.57. The van der Waals surface area contributed by atoms with Gasteiger partial charge in [0.25, 0.3) is 0 Å². The van der Waals surface area contributed by atoms with Gasteiger partial charge in [-0.05, 0) is 36.8 Å². The van der Waals surface area contributed by atoms with Gasteiger partial charge in [0.15, 0.2) is 0 Å². The average molecular weight is 541 g/mol. The predicted molar refractivity (Wildman–Crippen MR) is 134 cm³/mol. The van der Waals surface area contributed by atoms with E-state index in [1.807, 2.05) is 11.4 Å². The molecule has 1 rings (SSSR count). The van der Waals surface area contributed by atoms with Gasteiger partial charge in [0, 0.05) is 6.42 Å². The first-order valence-electron chi connectivity index (χ1n) is 11.3. The summed E-state index contributed by atoms with van der Waals surface area (Å²) in [5.74, 6) is -6.39. The molecule has 37 heavy (non-hydrogen) atoms. The van der Waals surface area contributed by atoms with Crippen LogP contribution in [0.3, 0.4) is 0 Å². The second-order valence-electron chi connectivity index (χ2n) is 8.13. The van der Waals surface area contributed by atoms with Gasteiger partial charge in [0.05, 0.1) is 12.5 Å². The summed E-state index contributed by atoms with van der Waals surface area (Å²) >= 11 is 1.40. The van der Waals surface area contributed by atoms with Crippen LogP contribution in [-0.4, -0.2) is 87.1 Å². The highest BCUT2D eigenvalue weighted by Gasteiger charge is 2.31. The fourth-order valence-corrected chi connectivity index (χ4v) is 3.67. The van der Waals surface area contributed by atoms with E-state index in [9.17, 15) is 33.9 Å². The maximum atomic E-state index is 13.0. The van der Waals surface area contributed by atoms with E-state index in [2.05, 4.69) is 10.6 Å². The molecule has 13 nitrogen and oxygen atoms in total. The Bertz CT molecular complexity index is 961. The third kappa shape index (κ3) is 12.2. The van der Waals surface area contributed by atoms with Crippen LogP contribution in [0.4, 0.5) is 0 Å². The number of amides is 3. The Hall–Kier alpha value is -3.65. The van der Waals surface area contributed by atoms with Crippen LogP contribution in [0.15, 0.2) is 30.3 Å². The van der Waals surface area contributed by atoms with E-state index in [1.165, 1.54) is 11.8 Å². The minimum absolute atomic E-state index is 0.167. The minimum Gasteiger partial charge on any atom is -0.481 e. The summed E-state index contributed by atoms with van der Waals surface area (Å²) in [6.45, 7) is 0. The lowest BCUT2D eigenvalue weighted by atomic mass is 10.0. The Balaban J connectivity index is 2.98. The maximum Gasteiger partial charge on any atom is 0.326 e. The van der Waals surface area contributed by atoms with Crippen LogP contribution in [0, 0.1) is 0 Å². The average Bonchev–Trinajstić information content (AvgIpc) is 2.83. The van der Waals surface area contributed by atoms with E-state index in [1.54, 1.807) is 30.5 Å². The van der Waals surface area contributed by atoms with Crippen molar-refractivity contribution in [2.24, 2.45) is 5.73 Å². The molecule has 0 aliphatic rings. The smallest absolute Gasteiger partial charge is 0.326 e. The van der Waals surface area contributed by atoms with E-state index < -0.39 is 79.1 Å². The SMILES string of the molecule is CSCCC(NC(=O)C(N)Cc1ccccc1)C(=O)NC(CCC(=O)O)C(=O)NC(CC(=O)O)C(=O)O. The molecule has 1 aromatic rings. The lowest BCUT2D eigenvalue weighted by molar-refractivity contribution is -0.147. The quantitative estimate of drug-likeness (QED) is 0.129. The van der Waals surface area contributed by atoms with Crippen molar-refractivity contribution < 1.29 is 44.1 Å². The van der Waals surface area contributed by atoms with Crippen LogP contribution in [0.2, 0.25) is 0 Å². The number of hydrogen-bond donors (Lipinski definition) is 7. The van der Waals surface area contributed by atoms with Crippen molar-refractivity contribution in [1.82, 2.24) is 16.0 Å². The van der Waals surface area contributed by atoms with Crippen LogP contribution >= 0.6 is 11.8 Å². The molecule has 0 aromatic heterocycles. The van der Waals surface area contributed by atoms with Crippen molar-refractivity contribution in [3.63, 3.8) is 0 Å². The normalized spacial score (nSPS) is 13.9. The van der Waals surface area contributed by atoms with Gasteiger partial charge in [0.2, 0.25) is 17.7 Å². The summed E-state index contributed by atoms with van der Waals surface area (Å²) in [5, 5.41) is 34.0. The van der Waals surface area contributed by atoms with Gasteiger partial charge in [-0.3, -0.25) is 24.0 Å². The molecule has 0 saturated heterocycles. The van der Waals surface area contributed by atoms with Crippen molar-refractivity contribution in [3.05, 3.63) is 35.9 Å². The van der Waals surface area contributed by atoms with Gasteiger partial charge in [-0.25, -0.2) is 4.79 Å². The number of carboxylic acids is 3. The number of rotatable bonds is 17. The first kappa shape index (κ1) is 31.4. The molecule has 0 heterocycles. The molecule has 1 aromatic carbocycles. The molecule has 0 spiro atoms. The fraction of sp³-hybridized carbons (Fsp3) is 0.478. The molecule has 4 unspecified atom stereocenters. The van der Waals surface area contributed by atoms with Gasteiger partial charge < -0.3 is 37.0 Å². The minimum atomic E-state index is -1.79. The van der Waals surface area contributed by atoms with Crippen LogP contribution in [-0.2, 0) is 35.2 Å². The highest BCUT2D eigenvalue weighted by atomic mass is 32.2. The molecule has 0 saturated carbocycles. The van der Waals surface area contributed by atoms with E-state index in [-0.39, 0.29) is 12.8 Å². The second-order valence-corrected chi connectivity index (χ2v) is 9.12. The van der Waals surface area contributed by atoms with Crippen molar-refractivity contribution in [1.29, 1.82) is 0 Å². The zero-order chi connectivity index (χ0) is 28.0. The highest BCUT2D eigenvalue weighted by molar-refractivity contribution is 7.98. The summed E-state index contributed by atoms with van der Waals surface area (Å²) in [7, 11) is 0. The summed E-state index contributed by atoms with van der Waals surface area (Å²) < 4.78 is 0. The number of hydrogen-bond acceptors (Lipinski definition) is 8. The van der Waals surface area contributed by atoms with E-state index in [0.717, 1.165) is 5.56 Å². The maximum absolute atomic E-state index is 13.0. The standard InChI is InChI=1S/C23H32N4O9S/c1-37-10-9-16(25-20(32)14(24)11-13-5-3-2-4-6-13)22(34)26-15(7-8-18(28)29)21(33)27-17(23(35)36)12-19(30)31/h2-6,14-17H,7-12,24H2,1H3,(H,25,32)(H,26,34)(H,27,33)(H,28,29)(H,30,31)(H,35,36). The van der Waals surface area contributed by atoms with Crippen molar-refractivity contribution in [3.8, 4) is 0 Å².